The second-order valence-corrected chi connectivity index (χ2v) is 5.15. The molecule has 2 rings (SSSR count). The number of nitrogens with zero attached hydrogens (tertiary/aromatic N) is 2. The van der Waals surface area contributed by atoms with E-state index in [1.165, 1.54) is 5.56 Å². The Morgan fingerprint density at radius 2 is 2.31 bits per heavy atom. The zero-order valence-corrected chi connectivity index (χ0v) is 11.3. The van der Waals surface area contributed by atoms with Crippen LogP contribution in [-0.4, -0.2) is 16.0 Å². The molecule has 1 aromatic heterocycles. The molecule has 0 spiro atoms. The number of rotatable bonds is 3. The molecule has 0 aliphatic carbocycles. The van der Waals surface area contributed by atoms with Crippen LogP contribution in [0.25, 0.3) is 0 Å². The Morgan fingerprint density at radius 1 is 1.50 bits per heavy atom. The zero-order valence-electron chi connectivity index (χ0n) is 8.85. The van der Waals surface area contributed by atoms with Gasteiger partial charge in [0, 0.05) is 4.47 Å². The van der Waals surface area contributed by atoms with Crippen molar-refractivity contribution in [3.63, 3.8) is 0 Å². The third-order valence-corrected chi connectivity index (χ3v) is 3.53. The van der Waals surface area contributed by atoms with Crippen LogP contribution in [0.15, 0.2) is 39.8 Å². The summed E-state index contributed by atoms with van der Waals surface area (Å²) in [5.41, 5.74) is 7.15. The van der Waals surface area contributed by atoms with E-state index in [0.29, 0.717) is 6.54 Å². The average Bonchev–Trinajstić information content (AvgIpc) is 2.60. The summed E-state index contributed by atoms with van der Waals surface area (Å²) >= 11 is 5.06. The van der Waals surface area contributed by atoms with Gasteiger partial charge in [-0.3, -0.25) is 0 Å². The minimum atomic E-state index is 0.700. The predicted octanol–water partition coefficient (Wildman–Crippen LogP) is 3.00. The first kappa shape index (κ1) is 11.5. The van der Waals surface area contributed by atoms with E-state index >= 15 is 0 Å². The Morgan fingerprint density at radius 3 is 2.94 bits per heavy atom. The highest BCUT2D eigenvalue weighted by Gasteiger charge is 2.06. The Hall–Kier alpha value is -0.940. The van der Waals surface area contributed by atoms with Gasteiger partial charge < -0.3 is 5.73 Å². The van der Waals surface area contributed by atoms with Crippen molar-refractivity contribution in [1.82, 2.24) is 9.78 Å². The molecule has 0 saturated carbocycles. The van der Waals surface area contributed by atoms with Crippen LogP contribution in [0.4, 0.5) is 5.82 Å². The summed E-state index contributed by atoms with van der Waals surface area (Å²) in [5.74, 6) is 0.729. The minimum absolute atomic E-state index is 0.700. The molecule has 0 atom stereocenters. The van der Waals surface area contributed by atoms with Crippen LogP contribution < -0.4 is 5.73 Å². The number of hydrogen-bond acceptors (Lipinski definition) is 3. The molecule has 0 radical (unpaired) electrons. The normalized spacial score (nSPS) is 10.6. The smallest absolute Gasteiger partial charge is 0.135 e. The van der Waals surface area contributed by atoms with Crippen LogP contribution in [0.1, 0.15) is 5.56 Å². The molecule has 0 aliphatic rings. The molecule has 1 aromatic carbocycles. The zero-order chi connectivity index (χ0) is 11.5. The number of aromatic nitrogens is 2. The first-order valence-electron chi connectivity index (χ1n) is 4.80. The molecule has 16 heavy (non-hydrogen) atoms. The number of hydrogen-bond donors (Lipinski definition) is 1. The average molecular weight is 298 g/mol. The fourth-order valence-corrected chi connectivity index (χ4v) is 2.38. The minimum Gasteiger partial charge on any atom is -0.383 e. The van der Waals surface area contributed by atoms with Crippen LogP contribution in [-0.2, 0) is 6.54 Å². The lowest BCUT2D eigenvalue weighted by molar-refractivity contribution is 0.696. The number of anilines is 1. The topological polar surface area (TPSA) is 43.8 Å². The maximum atomic E-state index is 5.97. The lowest BCUT2D eigenvalue weighted by Crippen LogP contribution is -2.05. The lowest BCUT2D eigenvalue weighted by atomic mass is 10.2. The maximum Gasteiger partial charge on any atom is 0.135 e. The van der Waals surface area contributed by atoms with E-state index in [-0.39, 0.29) is 0 Å². The standard InChI is InChI=1S/C11H12BrN3S/c1-16-10-6-14-15(11(10)13)7-8-3-2-4-9(12)5-8/h2-6H,7,13H2,1H3. The van der Waals surface area contributed by atoms with Crippen molar-refractivity contribution in [3.05, 3.63) is 40.5 Å². The Labute approximate surface area is 107 Å². The highest BCUT2D eigenvalue weighted by molar-refractivity contribution is 9.10. The quantitative estimate of drug-likeness (QED) is 0.886. The molecule has 2 aromatic rings. The lowest BCUT2D eigenvalue weighted by Gasteiger charge is -2.05. The number of thioether (sulfide) groups is 1. The van der Waals surface area contributed by atoms with E-state index in [1.807, 2.05) is 23.1 Å². The van der Waals surface area contributed by atoms with Crippen LogP contribution in [0.3, 0.4) is 0 Å². The van der Waals surface area contributed by atoms with Gasteiger partial charge in [-0.25, -0.2) is 4.68 Å². The van der Waals surface area contributed by atoms with Crippen molar-refractivity contribution in [3.8, 4) is 0 Å². The third kappa shape index (κ3) is 2.41. The fraction of sp³-hybridized carbons (Fsp3) is 0.182. The third-order valence-electron chi connectivity index (χ3n) is 2.29. The van der Waals surface area contributed by atoms with Crippen LogP contribution in [0.5, 0.6) is 0 Å². The summed E-state index contributed by atoms with van der Waals surface area (Å²) in [6.45, 7) is 0.700. The van der Waals surface area contributed by atoms with E-state index in [1.54, 1.807) is 18.0 Å². The second kappa shape index (κ2) is 4.93. The maximum absolute atomic E-state index is 5.97. The SMILES string of the molecule is CSc1cnn(Cc2cccc(Br)c2)c1N. The highest BCUT2D eigenvalue weighted by atomic mass is 79.9. The Balaban J connectivity index is 2.24. The van der Waals surface area contributed by atoms with Gasteiger partial charge in [-0.15, -0.1) is 11.8 Å². The summed E-state index contributed by atoms with van der Waals surface area (Å²) < 4.78 is 2.88. The van der Waals surface area contributed by atoms with Gasteiger partial charge in [0.25, 0.3) is 0 Å². The molecular weight excluding hydrogens is 286 g/mol. The number of benzene rings is 1. The van der Waals surface area contributed by atoms with E-state index in [4.69, 9.17) is 5.73 Å². The molecule has 0 unspecified atom stereocenters. The molecule has 3 nitrogen and oxygen atoms in total. The van der Waals surface area contributed by atoms with Crippen molar-refractivity contribution >= 4 is 33.5 Å². The van der Waals surface area contributed by atoms with Crippen LogP contribution in [0, 0.1) is 0 Å². The molecule has 84 valence electrons. The molecule has 0 fully saturated rings. The molecule has 0 amide bonds. The monoisotopic (exact) mass is 297 g/mol. The molecule has 5 heteroatoms. The fourth-order valence-electron chi connectivity index (χ4n) is 1.47. The second-order valence-electron chi connectivity index (χ2n) is 3.39. The van der Waals surface area contributed by atoms with E-state index < -0.39 is 0 Å². The van der Waals surface area contributed by atoms with Crippen molar-refractivity contribution in [1.29, 1.82) is 0 Å². The Kier molecular flexibility index (Phi) is 3.56. The van der Waals surface area contributed by atoms with Crippen molar-refractivity contribution in [2.24, 2.45) is 0 Å². The van der Waals surface area contributed by atoms with Gasteiger partial charge in [0.05, 0.1) is 17.6 Å². The Bertz CT molecular complexity index is 496. The molecule has 1 heterocycles. The van der Waals surface area contributed by atoms with Crippen molar-refractivity contribution in [2.75, 3.05) is 12.0 Å². The largest absolute Gasteiger partial charge is 0.383 e. The molecule has 0 aliphatic heterocycles. The highest BCUT2D eigenvalue weighted by Crippen LogP contribution is 2.22. The summed E-state index contributed by atoms with van der Waals surface area (Å²) in [6, 6.07) is 8.14. The number of halogens is 1. The van der Waals surface area contributed by atoms with Crippen LogP contribution in [0.2, 0.25) is 0 Å². The van der Waals surface area contributed by atoms with Gasteiger partial charge in [0.1, 0.15) is 5.82 Å². The molecular formula is C11H12BrN3S. The van der Waals surface area contributed by atoms with E-state index in [2.05, 4.69) is 33.2 Å². The van der Waals surface area contributed by atoms with Gasteiger partial charge in [0.2, 0.25) is 0 Å². The predicted molar refractivity (Wildman–Crippen MR) is 71.7 cm³/mol. The van der Waals surface area contributed by atoms with Crippen molar-refractivity contribution in [2.45, 2.75) is 11.4 Å². The van der Waals surface area contributed by atoms with Crippen LogP contribution >= 0.6 is 27.7 Å². The van der Waals surface area contributed by atoms with E-state index in [0.717, 1.165) is 15.2 Å². The number of nitrogen functional groups attached to an aromatic ring is 1. The molecule has 0 saturated heterocycles. The van der Waals surface area contributed by atoms with Gasteiger partial charge >= 0.3 is 0 Å². The first-order chi connectivity index (χ1) is 7.70. The summed E-state index contributed by atoms with van der Waals surface area (Å²) in [6.07, 6.45) is 3.80. The summed E-state index contributed by atoms with van der Waals surface area (Å²) in [4.78, 5) is 1.02. The number of nitrogens with two attached hydrogens (primary N) is 1. The first-order valence-corrected chi connectivity index (χ1v) is 6.82. The van der Waals surface area contributed by atoms with Crippen molar-refractivity contribution < 1.29 is 0 Å². The van der Waals surface area contributed by atoms with E-state index in [9.17, 15) is 0 Å². The van der Waals surface area contributed by atoms with Gasteiger partial charge in [-0.1, -0.05) is 28.1 Å². The molecule has 0 bridgehead atoms. The van der Waals surface area contributed by atoms with Gasteiger partial charge in [-0.2, -0.15) is 5.10 Å². The molecule has 2 N–H and O–H groups in total. The van der Waals surface area contributed by atoms with Gasteiger partial charge in [-0.05, 0) is 24.0 Å². The summed E-state index contributed by atoms with van der Waals surface area (Å²) in [7, 11) is 0. The van der Waals surface area contributed by atoms with Gasteiger partial charge in [0.15, 0.2) is 0 Å². The summed E-state index contributed by atoms with van der Waals surface area (Å²) in [5, 5.41) is 4.27.